The highest BCUT2D eigenvalue weighted by molar-refractivity contribution is 7.99. The Hall–Kier alpha value is -3.25. The molecule has 0 radical (unpaired) electrons. The van der Waals surface area contributed by atoms with E-state index in [9.17, 15) is 9.59 Å². The van der Waals surface area contributed by atoms with Crippen LogP contribution in [0.4, 0.5) is 11.4 Å². The second-order valence-electron chi connectivity index (χ2n) is 7.39. The van der Waals surface area contributed by atoms with Crippen LogP contribution in [0.3, 0.4) is 0 Å². The lowest BCUT2D eigenvalue weighted by atomic mass is 10.1. The van der Waals surface area contributed by atoms with Crippen LogP contribution in [0.25, 0.3) is 0 Å². The van der Waals surface area contributed by atoms with Crippen molar-refractivity contribution in [1.82, 2.24) is 0 Å². The second-order valence-corrected chi connectivity index (χ2v) is 8.64. The molecule has 0 aliphatic carbocycles. The molecule has 3 aromatic rings. The van der Waals surface area contributed by atoms with E-state index in [0.717, 1.165) is 33.1 Å². The lowest BCUT2D eigenvalue weighted by Gasteiger charge is -2.22. The molecule has 1 aliphatic rings. The minimum absolute atomic E-state index is 0.0277. The molecule has 1 unspecified atom stereocenters. The normalized spacial score (nSPS) is 15.7. The summed E-state index contributed by atoms with van der Waals surface area (Å²) >= 11 is 1.65. The fourth-order valence-electron chi connectivity index (χ4n) is 3.60. The van der Waals surface area contributed by atoms with Gasteiger partial charge in [0.05, 0.1) is 12.8 Å². The maximum absolute atomic E-state index is 13.2. The molecule has 1 heterocycles. The number of carbonyl (C=O) groups is 2. The predicted molar refractivity (Wildman–Crippen MR) is 125 cm³/mol. The molecule has 0 saturated heterocycles. The molecule has 5 nitrogen and oxygen atoms in total. The van der Waals surface area contributed by atoms with Crippen LogP contribution in [0.15, 0.2) is 77.7 Å². The van der Waals surface area contributed by atoms with Gasteiger partial charge in [0.2, 0.25) is 11.8 Å². The highest BCUT2D eigenvalue weighted by Gasteiger charge is 2.30. The third-order valence-corrected chi connectivity index (χ3v) is 6.62. The average Bonchev–Trinajstić information content (AvgIpc) is 2.92. The summed E-state index contributed by atoms with van der Waals surface area (Å²) in [6.07, 6.45) is 0.309. The zero-order valence-corrected chi connectivity index (χ0v) is 18.3. The van der Waals surface area contributed by atoms with E-state index in [1.807, 2.05) is 79.7 Å². The number of methoxy groups -OCH3 is 1. The number of hydrogen-bond acceptors (Lipinski definition) is 4. The Kier molecular flexibility index (Phi) is 6.28. The Bertz CT molecular complexity index is 1100. The molecule has 0 spiro atoms. The van der Waals surface area contributed by atoms with Crippen LogP contribution < -0.4 is 15.0 Å². The number of thioether (sulfide) groups is 1. The predicted octanol–water partition coefficient (Wildman–Crippen LogP) is 5.21. The highest BCUT2D eigenvalue weighted by Crippen LogP contribution is 2.45. The topological polar surface area (TPSA) is 58.6 Å². The number of fused-ring (bicyclic) bond motifs is 1. The molecule has 1 aliphatic heterocycles. The fourth-order valence-corrected chi connectivity index (χ4v) is 4.88. The summed E-state index contributed by atoms with van der Waals surface area (Å²) in [6.45, 7) is 1.91. The van der Waals surface area contributed by atoms with Gasteiger partial charge in [0.25, 0.3) is 0 Å². The highest BCUT2D eigenvalue weighted by atomic mass is 32.2. The lowest BCUT2D eigenvalue weighted by molar-refractivity contribution is -0.121. The fraction of sp³-hybridized carbons (Fsp3) is 0.200. The summed E-state index contributed by atoms with van der Waals surface area (Å²) in [7, 11) is 1.63. The van der Waals surface area contributed by atoms with Crippen molar-refractivity contribution in [1.29, 1.82) is 0 Å². The Labute approximate surface area is 186 Å². The molecule has 6 heteroatoms. The molecule has 3 aromatic carbocycles. The van der Waals surface area contributed by atoms with Gasteiger partial charge in [-0.2, -0.15) is 0 Å². The Morgan fingerprint density at radius 1 is 1.06 bits per heavy atom. The summed E-state index contributed by atoms with van der Waals surface area (Å²) in [5.74, 6) is 0.493. The van der Waals surface area contributed by atoms with Crippen molar-refractivity contribution < 1.29 is 14.3 Å². The third-order valence-electron chi connectivity index (χ3n) is 5.29. The van der Waals surface area contributed by atoms with Gasteiger partial charge in [-0.25, -0.2) is 0 Å². The Morgan fingerprint density at radius 2 is 1.77 bits per heavy atom. The number of carbonyl (C=O) groups excluding carboxylic acids is 2. The Balaban J connectivity index is 1.58. The van der Waals surface area contributed by atoms with Crippen LogP contribution in [-0.4, -0.2) is 25.5 Å². The van der Waals surface area contributed by atoms with E-state index in [2.05, 4.69) is 5.32 Å². The summed E-state index contributed by atoms with van der Waals surface area (Å²) in [5.41, 5.74) is 3.57. The molecule has 2 amide bonds. The quantitative estimate of drug-likeness (QED) is 0.601. The molecular formula is C25H24N2O3S. The summed E-state index contributed by atoms with van der Waals surface area (Å²) in [4.78, 5) is 28.6. The molecule has 1 atom stereocenters. The summed E-state index contributed by atoms with van der Waals surface area (Å²) < 4.78 is 5.25. The van der Waals surface area contributed by atoms with Crippen molar-refractivity contribution in [3.63, 3.8) is 0 Å². The van der Waals surface area contributed by atoms with Crippen LogP contribution in [0.1, 0.15) is 22.8 Å². The molecule has 4 rings (SSSR count). The summed E-state index contributed by atoms with van der Waals surface area (Å²) in [6, 6.07) is 23.2. The van der Waals surface area contributed by atoms with Crippen molar-refractivity contribution in [2.75, 3.05) is 23.9 Å². The van der Waals surface area contributed by atoms with Crippen molar-refractivity contribution in [2.24, 2.45) is 0 Å². The van der Waals surface area contributed by atoms with Crippen molar-refractivity contribution in [3.05, 3.63) is 83.9 Å². The molecule has 158 valence electrons. The number of nitrogens with one attached hydrogen (secondary N) is 1. The SMILES string of the molecule is COc1ccc(C2CC(=O)N(CC(=O)Nc3ccccc3C)c3ccccc3S2)cc1. The number of hydrogen-bond donors (Lipinski definition) is 1. The molecule has 1 N–H and O–H groups in total. The minimum Gasteiger partial charge on any atom is -0.497 e. The number of nitrogens with zero attached hydrogens (tertiary/aromatic N) is 1. The minimum atomic E-state index is -0.217. The maximum atomic E-state index is 13.2. The molecule has 0 fully saturated rings. The first-order valence-corrected chi connectivity index (χ1v) is 11.0. The van der Waals surface area contributed by atoms with E-state index < -0.39 is 0 Å². The van der Waals surface area contributed by atoms with E-state index in [0.29, 0.717) is 6.42 Å². The van der Waals surface area contributed by atoms with Gasteiger partial charge in [0, 0.05) is 22.3 Å². The van der Waals surface area contributed by atoms with Crippen LogP contribution in [0.2, 0.25) is 0 Å². The zero-order valence-electron chi connectivity index (χ0n) is 17.5. The number of anilines is 2. The average molecular weight is 433 g/mol. The van der Waals surface area contributed by atoms with Crippen LogP contribution in [0, 0.1) is 6.92 Å². The van der Waals surface area contributed by atoms with Gasteiger partial charge in [0.15, 0.2) is 0 Å². The van der Waals surface area contributed by atoms with Crippen molar-refractivity contribution in [3.8, 4) is 5.75 Å². The van der Waals surface area contributed by atoms with Gasteiger partial charge in [-0.15, -0.1) is 11.8 Å². The Morgan fingerprint density at radius 3 is 2.52 bits per heavy atom. The van der Waals surface area contributed by atoms with Gasteiger partial charge in [0.1, 0.15) is 12.3 Å². The molecule has 0 saturated carbocycles. The van der Waals surface area contributed by atoms with Gasteiger partial charge >= 0.3 is 0 Å². The lowest BCUT2D eigenvalue weighted by Crippen LogP contribution is -2.38. The molecular weight excluding hydrogens is 408 g/mol. The number of aryl methyl sites for hydroxylation is 1. The third kappa shape index (κ3) is 4.75. The van der Waals surface area contributed by atoms with Gasteiger partial charge in [-0.1, -0.05) is 42.5 Å². The van der Waals surface area contributed by atoms with Crippen molar-refractivity contribution in [2.45, 2.75) is 23.5 Å². The molecule has 0 aromatic heterocycles. The monoisotopic (exact) mass is 432 g/mol. The second kappa shape index (κ2) is 9.27. The van der Waals surface area contributed by atoms with E-state index in [-0.39, 0.29) is 23.6 Å². The van der Waals surface area contributed by atoms with E-state index in [4.69, 9.17) is 4.74 Å². The van der Waals surface area contributed by atoms with E-state index >= 15 is 0 Å². The van der Waals surface area contributed by atoms with Crippen LogP contribution in [0.5, 0.6) is 5.75 Å². The molecule has 31 heavy (non-hydrogen) atoms. The largest absolute Gasteiger partial charge is 0.497 e. The zero-order chi connectivity index (χ0) is 21.8. The number of para-hydroxylation sites is 2. The van der Waals surface area contributed by atoms with E-state index in [1.54, 1.807) is 23.8 Å². The van der Waals surface area contributed by atoms with Crippen molar-refractivity contribution >= 4 is 35.0 Å². The van der Waals surface area contributed by atoms with Gasteiger partial charge < -0.3 is 15.0 Å². The van der Waals surface area contributed by atoms with E-state index in [1.165, 1.54) is 0 Å². The van der Waals surface area contributed by atoms with Crippen LogP contribution in [-0.2, 0) is 9.59 Å². The van der Waals surface area contributed by atoms with Gasteiger partial charge in [-0.05, 0) is 48.4 Å². The smallest absolute Gasteiger partial charge is 0.244 e. The molecule has 0 bridgehead atoms. The number of benzene rings is 3. The summed E-state index contributed by atoms with van der Waals surface area (Å²) in [5, 5.41) is 2.89. The standard InChI is InChI=1S/C25H24N2O3S/c1-17-7-3-4-8-20(17)26-24(28)16-27-21-9-5-6-10-22(21)31-23(15-25(27)29)18-11-13-19(30-2)14-12-18/h3-14,23H,15-16H2,1-2H3,(H,26,28). The number of rotatable bonds is 5. The first-order chi connectivity index (χ1) is 15.0. The van der Waals surface area contributed by atoms with Crippen LogP contribution >= 0.6 is 11.8 Å². The number of amides is 2. The maximum Gasteiger partial charge on any atom is 0.244 e. The number of ether oxygens (including phenoxy) is 1. The first-order valence-electron chi connectivity index (χ1n) is 10.1. The first kappa shape index (κ1) is 21.0. The van der Waals surface area contributed by atoms with Gasteiger partial charge in [-0.3, -0.25) is 9.59 Å².